The lowest BCUT2D eigenvalue weighted by Gasteiger charge is -2.25. The van der Waals surface area contributed by atoms with E-state index >= 15 is 0 Å². The van der Waals surface area contributed by atoms with Gasteiger partial charge < -0.3 is 4.90 Å². The van der Waals surface area contributed by atoms with Gasteiger partial charge in [-0.05, 0) is 25.3 Å². The first kappa shape index (κ1) is 11.8. The van der Waals surface area contributed by atoms with Gasteiger partial charge in [-0.15, -0.1) is 5.73 Å². The highest BCUT2D eigenvalue weighted by molar-refractivity contribution is 5.66. The Kier molecular flexibility index (Phi) is 3.85. The summed E-state index contributed by atoms with van der Waals surface area (Å²) >= 11 is 0. The molecule has 88 valence electrons. The minimum absolute atomic E-state index is 1.06. The predicted octanol–water partition coefficient (Wildman–Crippen LogP) is 3.77. The quantitative estimate of drug-likeness (QED) is 0.547. The molecular weight excluding hydrogens is 206 g/mol. The largest absolute Gasteiger partial charge is 0.364 e. The minimum Gasteiger partial charge on any atom is -0.364 e. The smallest absolute Gasteiger partial charge is 0.0870 e. The maximum atomic E-state index is 3.86. The molecule has 2 rings (SSSR count). The summed E-state index contributed by atoms with van der Waals surface area (Å²) in [6.45, 7) is 8.12. The zero-order valence-electron chi connectivity index (χ0n) is 10.4. The average molecular weight is 225 g/mol. The monoisotopic (exact) mass is 225 g/mol. The number of hydrogen-bond donors (Lipinski definition) is 0. The van der Waals surface area contributed by atoms with Crippen LogP contribution >= 0.6 is 0 Å². The van der Waals surface area contributed by atoms with Crippen molar-refractivity contribution in [3.05, 3.63) is 59.9 Å². The number of benzene rings is 1. The fourth-order valence-corrected chi connectivity index (χ4v) is 2.25. The van der Waals surface area contributed by atoms with Gasteiger partial charge in [0.15, 0.2) is 0 Å². The van der Waals surface area contributed by atoms with Gasteiger partial charge in [-0.2, -0.15) is 0 Å². The first-order valence-electron chi connectivity index (χ1n) is 6.19. The lowest BCUT2D eigenvalue weighted by atomic mass is 10.1. The van der Waals surface area contributed by atoms with Crippen molar-refractivity contribution in [1.29, 1.82) is 0 Å². The van der Waals surface area contributed by atoms with Crippen LogP contribution in [0.2, 0.25) is 0 Å². The molecule has 0 fully saturated rings. The van der Waals surface area contributed by atoms with Crippen LogP contribution in [0.3, 0.4) is 0 Å². The van der Waals surface area contributed by atoms with Gasteiger partial charge in [0.2, 0.25) is 0 Å². The molecule has 1 aromatic rings. The van der Waals surface area contributed by atoms with Crippen LogP contribution in [0.5, 0.6) is 0 Å². The maximum Gasteiger partial charge on any atom is 0.0870 e. The van der Waals surface area contributed by atoms with Crippen molar-refractivity contribution in [3.8, 4) is 0 Å². The molecule has 0 aliphatic carbocycles. The van der Waals surface area contributed by atoms with Crippen molar-refractivity contribution in [1.82, 2.24) is 4.90 Å². The van der Waals surface area contributed by atoms with Crippen molar-refractivity contribution in [2.24, 2.45) is 0 Å². The summed E-state index contributed by atoms with van der Waals surface area (Å²) in [6.07, 6.45) is 6.74. The van der Waals surface area contributed by atoms with Crippen LogP contribution in [0, 0.1) is 6.92 Å². The van der Waals surface area contributed by atoms with Crippen molar-refractivity contribution in [2.45, 2.75) is 19.8 Å². The second kappa shape index (κ2) is 5.56. The second-order valence-electron chi connectivity index (χ2n) is 4.38. The minimum atomic E-state index is 1.06. The molecule has 0 N–H and O–H groups in total. The van der Waals surface area contributed by atoms with Gasteiger partial charge in [0.05, 0.1) is 5.70 Å². The predicted molar refractivity (Wildman–Crippen MR) is 73.7 cm³/mol. The Morgan fingerprint density at radius 3 is 2.41 bits per heavy atom. The molecule has 0 atom stereocenters. The molecule has 17 heavy (non-hydrogen) atoms. The zero-order chi connectivity index (χ0) is 12.1. The Hall–Kier alpha value is -1.72. The van der Waals surface area contributed by atoms with E-state index in [9.17, 15) is 0 Å². The molecule has 0 saturated carbocycles. The molecule has 1 nitrogen and oxygen atoms in total. The van der Waals surface area contributed by atoms with Gasteiger partial charge in [0.25, 0.3) is 0 Å². The van der Waals surface area contributed by atoms with Gasteiger partial charge in [0, 0.05) is 18.7 Å². The van der Waals surface area contributed by atoms with E-state index in [1.165, 1.54) is 11.1 Å². The summed E-state index contributed by atoms with van der Waals surface area (Å²) in [5.41, 5.74) is 6.81. The molecule has 0 aromatic heterocycles. The highest BCUT2D eigenvalue weighted by Crippen LogP contribution is 2.23. The van der Waals surface area contributed by atoms with E-state index in [-0.39, 0.29) is 0 Å². The number of nitrogens with zero attached hydrogens (tertiary/aromatic N) is 1. The molecule has 1 aromatic carbocycles. The van der Waals surface area contributed by atoms with Crippen molar-refractivity contribution in [3.63, 3.8) is 0 Å². The highest BCUT2D eigenvalue weighted by atomic mass is 15.1. The zero-order valence-corrected chi connectivity index (χ0v) is 10.4. The van der Waals surface area contributed by atoms with E-state index in [0.29, 0.717) is 0 Å². The van der Waals surface area contributed by atoms with E-state index in [4.69, 9.17) is 0 Å². The Morgan fingerprint density at radius 2 is 1.82 bits per heavy atom. The number of hydrogen-bond acceptors (Lipinski definition) is 1. The standard InChI is InChI=1S/C16H19N/c1-3-16(15-11-7-6-10-14(15)2)17-12-8-4-5-9-13-17/h4-7,10-11H,1,8-9,12-13H2,2H3. The van der Waals surface area contributed by atoms with Crippen molar-refractivity contribution >= 4 is 5.70 Å². The molecule has 0 unspecified atom stereocenters. The number of rotatable bonds is 2. The number of aryl methyl sites for hydroxylation is 1. The van der Waals surface area contributed by atoms with E-state index in [0.717, 1.165) is 31.6 Å². The Bertz CT molecular complexity index is 454. The van der Waals surface area contributed by atoms with Crippen LogP contribution < -0.4 is 0 Å². The third-order valence-corrected chi connectivity index (χ3v) is 3.18. The van der Waals surface area contributed by atoms with Gasteiger partial charge in [0.1, 0.15) is 0 Å². The molecule has 0 saturated heterocycles. The molecule has 0 amide bonds. The summed E-state index contributed by atoms with van der Waals surface area (Å²) in [5, 5.41) is 0. The van der Waals surface area contributed by atoms with Crippen LogP contribution in [0.4, 0.5) is 0 Å². The van der Waals surface area contributed by atoms with Gasteiger partial charge >= 0.3 is 0 Å². The van der Waals surface area contributed by atoms with E-state index in [1.54, 1.807) is 0 Å². The Labute approximate surface area is 104 Å². The molecule has 1 heteroatoms. The SMILES string of the molecule is C=C=C(c1ccccc1C)N1CCC=CCC1. The fraction of sp³-hybridized carbons (Fsp3) is 0.312. The molecule has 0 spiro atoms. The highest BCUT2D eigenvalue weighted by Gasteiger charge is 2.12. The van der Waals surface area contributed by atoms with Crippen molar-refractivity contribution < 1.29 is 0 Å². The topological polar surface area (TPSA) is 3.24 Å². The van der Waals surface area contributed by atoms with Gasteiger partial charge in [-0.1, -0.05) is 43.0 Å². The fourth-order valence-electron chi connectivity index (χ4n) is 2.25. The van der Waals surface area contributed by atoms with Crippen LogP contribution in [-0.4, -0.2) is 18.0 Å². The Morgan fingerprint density at radius 1 is 1.18 bits per heavy atom. The molecular formula is C16H19N. The molecule has 1 heterocycles. The van der Waals surface area contributed by atoms with Gasteiger partial charge in [-0.25, -0.2) is 0 Å². The van der Waals surface area contributed by atoms with E-state index in [2.05, 4.69) is 60.6 Å². The lowest BCUT2D eigenvalue weighted by Crippen LogP contribution is -2.23. The second-order valence-corrected chi connectivity index (χ2v) is 4.38. The molecule has 0 bridgehead atoms. The average Bonchev–Trinajstić information content (AvgIpc) is 2.62. The summed E-state index contributed by atoms with van der Waals surface area (Å²) < 4.78 is 0. The summed E-state index contributed by atoms with van der Waals surface area (Å²) in [7, 11) is 0. The molecule has 1 aliphatic heterocycles. The third-order valence-electron chi connectivity index (χ3n) is 3.18. The molecule has 0 radical (unpaired) electrons. The van der Waals surface area contributed by atoms with Crippen LogP contribution in [0.15, 0.2) is 48.7 Å². The van der Waals surface area contributed by atoms with Gasteiger partial charge in [-0.3, -0.25) is 0 Å². The maximum absolute atomic E-state index is 3.86. The van der Waals surface area contributed by atoms with Crippen LogP contribution in [0.25, 0.3) is 5.70 Å². The summed E-state index contributed by atoms with van der Waals surface area (Å²) in [6, 6.07) is 8.45. The van der Waals surface area contributed by atoms with Crippen molar-refractivity contribution in [2.75, 3.05) is 13.1 Å². The normalized spacial score (nSPS) is 15.2. The first-order chi connectivity index (χ1) is 8.33. The summed E-state index contributed by atoms with van der Waals surface area (Å²) in [5.74, 6) is 0. The van der Waals surface area contributed by atoms with E-state index < -0.39 is 0 Å². The first-order valence-corrected chi connectivity index (χ1v) is 6.19. The van der Waals surface area contributed by atoms with Crippen LogP contribution in [0.1, 0.15) is 24.0 Å². The molecule has 1 aliphatic rings. The van der Waals surface area contributed by atoms with E-state index in [1.807, 2.05) is 0 Å². The Balaban J connectivity index is 2.28. The third kappa shape index (κ3) is 2.69. The van der Waals surface area contributed by atoms with Crippen LogP contribution in [-0.2, 0) is 0 Å². The summed E-state index contributed by atoms with van der Waals surface area (Å²) in [4.78, 5) is 2.38. The lowest BCUT2D eigenvalue weighted by molar-refractivity contribution is 0.419.